The van der Waals surface area contributed by atoms with Gasteiger partial charge in [0.15, 0.2) is 0 Å². The number of ether oxygens (including phenoxy) is 1. The summed E-state index contributed by atoms with van der Waals surface area (Å²) >= 11 is 0. The lowest BCUT2D eigenvalue weighted by molar-refractivity contribution is -0.141. The molecule has 170 valence electrons. The lowest BCUT2D eigenvalue weighted by Crippen LogP contribution is -2.59. The molecule has 1 aromatic carbocycles. The topological polar surface area (TPSA) is 68.4 Å². The summed E-state index contributed by atoms with van der Waals surface area (Å²) < 4.78 is 5.21. The van der Waals surface area contributed by atoms with Crippen molar-refractivity contribution in [3.8, 4) is 0 Å². The van der Waals surface area contributed by atoms with E-state index in [4.69, 9.17) is 4.74 Å². The first-order chi connectivity index (χ1) is 15.1. The molecule has 0 saturated carbocycles. The number of rotatable bonds is 7. The Labute approximate surface area is 185 Å². The molecule has 0 bridgehead atoms. The van der Waals surface area contributed by atoms with Crippen molar-refractivity contribution < 1.29 is 14.3 Å². The van der Waals surface area contributed by atoms with Gasteiger partial charge in [0.1, 0.15) is 0 Å². The summed E-state index contributed by atoms with van der Waals surface area (Å²) in [4.78, 5) is 33.6. The van der Waals surface area contributed by atoms with E-state index in [-0.39, 0.29) is 29.7 Å². The molecule has 3 aliphatic heterocycles. The van der Waals surface area contributed by atoms with Gasteiger partial charge in [-0.25, -0.2) is 10.4 Å². The van der Waals surface area contributed by atoms with E-state index in [0.717, 1.165) is 51.4 Å². The third kappa shape index (κ3) is 4.77. The normalized spacial score (nSPS) is 27.5. The molecule has 4 rings (SSSR count). The number of likely N-dealkylation sites (tertiary alicyclic amines) is 1. The molecule has 1 N–H and O–H groups in total. The average molecular weight is 430 g/mol. The molecule has 3 saturated heterocycles. The molecule has 8 heteroatoms. The van der Waals surface area contributed by atoms with E-state index in [2.05, 4.69) is 22.1 Å². The van der Waals surface area contributed by atoms with Crippen molar-refractivity contribution in [1.29, 1.82) is 0 Å². The zero-order valence-electron chi connectivity index (χ0n) is 18.7. The van der Waals surface area contributed by atoms with Gasteiger partial charge in [-0.05, 0) is 25.1 Å². The van der Waals surface area contributed by atoms with Crippen molar-refractivity contribution in [3.05, 3.63) is 30.3 Å². The van der Waals surface area contributed by atoms with Crippen LogP contribution >= 0.6 is 0 Å². The van der Waals surface area contributed by atoms with Crippen molar-refractivity contribution in [2.24, 2.45) is 11.8 Å². The molecule has 3 unspecified atom stereocenters. The van der Waals surface area contributed by atoms with Gasteiger partial charge in [-0.15, -0.1) is 0 Å². The number of carbonyl (C=O) groups is 2. The Hall–Kier alpha value is -2.00. The fraction of sp³-hybridized carbons (Fsp3) is 0.652. The summed E-state index contributed by atoms with van der Waals surface area (Å²) in [6.45, 7) is 9.43. The molecule has 31 heavy (non-hydrogen) atoms. The number of hydrazine groups is 1. The van der Waals surface area contributed by atoms with Crippen LogP contribution in [0, 0.1) is 11.8 Å². The van der Waals surface area contributed by atoms with Gasteiger partial charge >= 0.3 is 0 Å². The number of hydrogen-bond donors (Lipinski definition) is 1. The Morgan fingerprint density at radius 2 is 1.84 bits per heavy atom. The van der Waals surface area contributed by atoms with Gasteiger partial charge in [-0.1, -0.05) is 25.1 Å². The van der Waals surface area contributed by atoms with Crippen molar-refractivity contribution >= 4 is 17.5 Å². The second-order valence-electron chi connectivity index (χ2n) is 8.74. The maximum Gasteiger partial charge on any atom is 0.247 e. The minimum atomic E-state index is -0.230. The summed E-state index contributed by atoms with van der Waals surface area (Å²) in [5.41, 5.74) is 4.24. The van der Waals surface area contributed by atoms with Gasteiger partial charge in [0, 0.05) is 59.5 Å². The summed E-state index contributed by atoms with van der Waals surface area (Å²) in [5.74, 6) is -0.215. The van der Waals surface area contributed by atoms with Gasteiger partial charge in [0.2, 0.25) is 11.8 Å². The average Bonchev–Trinajstić information content (AvgIpc) is 3.15. The predicted octanol–water partition coefficient (Wildman–Crippen LogP) is 0.655. The molecular weight excluding hydrogens is 394 g/mol. The number of nitrogens with zero attached hydrogens (tertiary/aromatic N) is 4. The number of anilines is 1. The number of hydrogen-bond acceptors (Lipinski definition) is 6. The summed E-state index contributed by atoms with van der Waals surface area (Å²) in [6.07, 6.45) is 0.897. The van der Waals surface area contributed by atoms with Crippen LogP contribution in [0.3, 0.4) is 0 Å². The van der Waals surface area contributed by atoms with Crippen LogP contribution in [0.4, 0.5) is 5.69 Å². The number of carbonyl (C=O) groups excluding carboxylic acids is 2. The zero-order chi connectivity index (χ0) is 21.8. The zero-order valence-corrected chi connectivity index (χ0v) is 18.7. The summed E-state index contributed by atoms with van der Waals surface area (Å²) in [6, 6.07) is 9.50. The molecule has 0 radical (unpaired) electrons. The SMILES string of the molecule is CCN1CCN(C(=O)C2CN(CCCOC)CC3C(=O)N(c4ccccc4)NC23)CC1. The lowest BCUT2D eigenvalue weighted by atomic mass is 9.83. The van der Waals surface area contributed by atoms with E-state index in [0.29, 0.717) is 19.7 Å². The van der Waals surface area contributed by atoms with Gasteiger partial charge < -0.3 is 19.4 Å². The van der Waals surface area contributed by atoms with E-state index in [1.165, 1.54) is 0 Å². The lowest BCUT2D eigenvalue weighted by Gasteiger charge is -2.42. The standard InChI is InChI=1S/C23H35N5O3/c1-3-25-11-13-27(14-12-25)22(29)19-16-26(10-7-15-31-2)17-20-21(19)24-28(23(20)30)18-8-5-4-6-9-18/h4-6,8-9,19-21,24H,3,7,10-17H2,1-2H3. The molecule has 0 aliphatic carbocycles. The van der Waals surface area contributed by atoms with Crippen LogP contribution in [0.15, 0.2) is 30.3 Å². The van der Waals surface area contributed by atoms with Crippen LogP contribution in [0.2, 0.25) is 0 Å². The second kappa shape index (κ2) is 10.1. The maximum atomic E-state index is 13.6. The Balaban J connectivity index is 1.52. The van der Waals surface area contributed by atoms with Crippen molar-refractivity contribution in [2.45, 2.75) is 19.4 Å². The van der Waals surface area contributed by atoms with Gasteiger partial charge in [-0.3, -0.25) is 9.59 Å². The first kappa shape index (κ1) is 22.2. The molecule has 3 atom stereocenters. The summed E-state index contributed by atoms with van der Waals surface area (Å²) in [7, 11) is 1.71. The minimum Gasteiger partial charge on any atom is -0.385 e. The molecular formula is C23H35N5O3. The fourth-order valence-electron chi connectivity index (χ4n) is 5.07. The molecule has 2 amide bonds. The van der Waals surface area contributed by atoms with Crippen molar-refractivity contribution in [2.75, 3.05) is 71.1 Å². The van der Waals surface area contributed by atoms with E-state index < -0.39 is 0 Å². The highest BCUT2D eigenvalue weighted by Crippen LogP contribution is 2.33. The highest BCUT2D eigenvalue weighted by Gasteiger charge is 2.51. The van der Waals surface area contributed by atoms with Crippen molar-refractivity contribution in [1.82, 2.24) is 20.1 Å². The number of para-hydroxylation sites is 1. The van der Waals surface area contributed by atoms with E-state index in [9.17, 15) is 9.59 Å². The van der Waals surface area contributed by atoms with Crippen LogP contribution in [0.5, 0.6) is 0 Å². The number of likely N-dealkylation sites (N-methyl/N-ethyl adjacent to an activating group) is 1. The number of amides is 2. The number of nitrogens with one attached hydrogen (secondary N) is 1. The van der Waals surface area contributed by atoms with E-state index in [1.807, 2.05) is 35.2 Å². The Morgan fingerprint density at radius 3 is 2.52 bits per heavy atom. The first-order valence-electron chi connectivity index (χ1n) is 11.5. The molecule has 3 fully saturated rings. The molecule has 1 aromatic rings. The third-order valence-electron chi connectivity index (χ3n) is 6.88. The van der Waals surface area contributed by atoms with E-state index in [1.54, 1.807) is 12.1 Å². The predicted molar refractivity (Wildman–Crippen MR) is 119 cm³/mol. The minimum absolute atomic E-state index is 0.0567. The Bertz CT molecular complexity index is 753. The smallest absolute Gasteiger partial charge is 0.247 e. The monoisotopic (exact) mass is 429 g/mol. The van der Waals surface area contributed by atoms with Gasteiger partial charge in [0.05, 0.1) is 23.6 Å². The molecule has 3 heterocycles. The first-order valence-corrected chi connectivity index (χ1v) is 11.5. The fourth-order valence-corrected chi connectivity index (χ4v) is 5.07. The number of piperidine rings is 1. The number of fused-ring (bicyclic) bond motifs is 1. The Morgan fingerprint density at radius 1 is 1.10 bits per heavy atom. The molecule has 8 nitrogen and oxygen atoms in total. The van der Waals surface area contributed by atoms with Gasteiger partial charge in [0.25, 0.3) is 0 Å². The largest absolute Gasteiger partial charge is 0.385 e. The number of methoxy groups -OCH3 is 1. The molecule has 0 spiro atoms. The molecule has 3 aliphatic rings. The molecule has 0 aromatic heterocycles. The third-order valence-corrected chi connectivity index (χ3v) is 6.88. The van der Waals surface area contributed by atoms with Crippen LogP contribution in [-0.4, -0.2) is 98.6 Å². The van der Waals surface area contributed by atoms with Gasteiger partial charge in [-0.2, -0.15) is 0 Å². The van der Waals surface area contributed by atoms with Crippen LogP contribution in [-0.2, 0) is 14.3 Å². The summed E-state index contributed by atoms with van der Waals surface area (Å²) in [5, 5.41) is 1.66. The second-order valence-corrected chi connectivity index (χ2v) is 8.74. The highest BCUT2D eigenvalue weighted by molar-refractivity contribution is 5.98. The van der Waals surface area contributed by atoms with Crippen LogP contribution in [0.25, 0.3) is 0 Å². The Kier molecular flexibility index (Phi) is 7.22. The number of benzene rings is 1. The number of piperazine rings is 1. The van der Waals surface area contributed by atoms with Crippen LogP contribution in [0.1, 0.15) is 13.3 Å². The highest BCUT2D eigenvalue weighted by atomic mass is 16.5. The van der Waals surface area contributed by atoms with Crippen LogP contribution < -0.4 is 10.4 Å². The maximum absolute atomic E-state index is 13.6. The van der Waals surface area contributed by atoms with E-state index >= 15 is 0 Å². The van der Waals surface area contributed by atoms with Crippen molar-refractivity contribution in [3.63, 3.8) is 0 Å². The quantitative estimate of drug-likeness (QED) is 0.642.